The third-order valence-electron chi connectivity index (χ3n) is 6.54. The topological polar surface area (TPSA) is 103 Å². The summed E-state index contributed by atoms with van der Waals surface area (Å²) in [6.07, 6.45) is -0.919. The maximum Gasteiger partial charge on any atom is 0.573 e. The van der Waals surface area contributed by atoms with Crippen molar-refractivity contribution in [2.75, 3.05) is 0 Å². The molecule has 1 aliphatic rings. The fourth-order valence-corrected chi connectivity index (χ4v) is 4.94. The maximum absolute atomic E-state index is 13.0. The van der Waals surface area contributed by atoms with Crippen molar-refractivity contribution in [2.24, 2.45) is 0 Å². The summed E-state index contributed by atoms with van der Waals surface area (Å²) >= 11 is 0. The number of ether oxygens (including phenoxy) is 1. The molecule has 0 saturated heterocycles. The van der Waals surface area contributed by atoms with E-state index >= 15 is 0 Å². The van der Waals surface area contributed by atoms with Gasteiger partial charge in [0.15, 0.2) is 0 Å². The summed E-state index contributed by atoms with van der Waals surface area (Å²) in [6.45, 7) is 0.748. The monoisotopic (exact) mass is 520 g/mol. The second kappa shape index (κ2) is 9.02. The fourth-order valence-electron chi connectivity index (χ4n) is 4.94. The minimum Gasteiger partial charge on any atom is -0.481 e. The molecule has 0 radical (unpaired) electrons. The number of rotatable bonds is 6. The number of aromatic nitrogens is 4. The Balaban J connectivity index is 1.35. The standard InChI is InChI=1S/C27H19F3N4O4/c28-27(29,30)37-21-10-18(17-2-1-6-31-14-17)9-20(11-21)26-32-25(33-38-26)16-3-4-22-19(8-16)12-23-15(13-24(35)36)5-7-34(22)23/h1-4,6,8-12,14-15H,5,7,13H2,(H,35,36)/t15-/m0/s1. The van der Waals surface area contributed by atoms with Crippen LogP contribution in [-0.2, 0) is 11.3 Å². The molecule has 0 fully saturated rings. The highest BCUT2D eigenvalue weighted by Gasteiger charge is 2.32. The first-order chi connectivity index (χ1) is 18.2. The Bertz CT molecular complexity index is 1660. The summed E-state index contributed by atoms with van der Waals surface area (Å²) in [5, 5.41) is 14.2. The third-order valence-corrected chi connectivity index (χ3v) is 6.54. The van der Waals surface area contributed by atoms with E-state index in [1.165, 1.54) is 18.3 Å². The minimum atomic E-state index is -4.87. The summed E-state index contributed by atoms with van der Waals surface area (Å²) < 4.78 is 50.7. The zero-order valence-electron chi connectivity index (χ0n) is 19.6. The van der Waals surface area contributed by atoms with Crippen molar-refractivity contribution in [3.05, 3.63) is 72.7 Å². The van der Waals surface area contributed by atoms with Crippen molar-refractivity contribution in [3.8, 4) is 39.7 Å². The van der Waals surface area contributed by atoms with Crippen LogP contribution in [0.4, 0.5) is 13.2 Å². The molecule has 2 aromatic carbocycles. The summed E-state index contributed by atoms with van der Waals surface area (Å²) in [7, 11) is 0. The van der Waals surface area contributed by atoms with Gasteiger partial charge in [-0.3, -0.25) is 9.78 Å². The molecule has 38 heavy (non-hydrogen) atoms. The Morgan fingerprint density at radius 3 is 2.68 bits per heavy atom. The van der Waals surface area contributed by atoms with Gasteiger partial charge < -0.3 is 18.9 Å². The van der Waals surface area contributed by atoms with Gasteiger partial charge in [-0.05, 0) is 60.5 Å². The van der Waals surface area contributed by atoms with Gasteiger partial charge in [-0.15, -0.1) is 13.2 Å². The summed E-state index contributed by atoms with van der Waals surface area (Å²) in [5.74, 6) is -1.00. The molecule has 6 rings (SSSR count). The molecule has 8 nitrogen and oxygen atoms in total. The molecular formula is C27H19F3N4O4. The number of nitrogens with zero attached hydrogens (tertiary/aromatic N) is 4. The van der Waals surface area contributed by atoms with Crippen molar-refractivity contribution in [1.82, 2.24) is 19.7 Å². The van der Waals surface area contributed by atoms with Gasteiger partial charge in [-0.2, -0.15) is 4.98 Å². The first-order valence-corrected chi connectivity index (χ1v) is 11.7. The number of aliphatic carboxylic acids is 1. The van der Waals surface area contributed by atoms with Crippen LogP contribution in [0.5, 0.6) is 5.75 Å². The number of carboxylic acids is 1. The molecule has 0 saturated carbocycles. The number of fused-ring (bicyclic) bond motifs is 3. The lowest BCUT2D eigenvalue weighted by Crippen LogP contribution is -2.17. The third kappa shape index (κ3) is 4.58. The second-order valence-corrected chi connectivity index (χ2v) is 9.04. The number of carboxylic acid groups (broad SMARTS) is 1. The van der Waals surface area contributed by atoms with Gasteiger partial charge in [0, 0.05) is 58.1 Å². The zero-order valence-corrected chi connectivity index (χ0v) is 19.6. The number of aryl methyl sites for hydroxylation is 1. The lowest BCUT2D eigenvalue weighted by Gasteiger charge is -2.11. The second-order valence-electron chi connectivity index (χ2n) is 9.04. The fraction of sp³-hybridized carbons (Fsp3) is 0.185. The Labute approximate surface area is 213 Å². The molecule has 192 valence electrons. The number of benzene rings is 2. The quantitative estimate of drug-likeness (QED) is 0.281. The molecule has 0 aliphatic carbocycles. The van der Waals surface area contributed by atoms with E-state index in [1.54, 1.807) is 24.4 Å². The van der Waals surface area contributed by atoms with Crippen LogP contribution in [0, 0.1) is 0 Å². The molecule has 4 heterocycles. The van der Waals surface area contributed by atoms with Crippen LogP contribution in [0.15, 0.2) is 71.5 Å². The van der Waals surface area contributed by atoms with E-state index < -0.39 is 18.1 Å². The highest BCUT2D eigenvalue weighted by Crippen LogP contribution is 2.38. The first kappa shape index (κ1) is 23.7. The Morgan fingerprint density at radius 1 is 1.08 bits per heavy atom. The Morgan fingerprint density at radius 2 is 1.92 bits per heavy atom. The van der Waals surface area contributed by atoms with E-state index in [2.05, 4.69) is 24.4 Å². The van der Waals surface area contributed by atoms with E-state index in [9.17, 15) is 23.1 Å². The van der Waals surface area contributed by atoms with Gasteiger partial charge in [0.1, 0.15) is 5.75 Å². The molecule has 5 aromatic rings. The first-order valence-electron chi connectivity index (χ1n) is 11.7. The Kier molecular flexibility index (Phi) is 5.63. The highest BCUT2D eigenvalue weighted by molar-refractivity contribution is 5.86. The summed E-state index contributed by atoms with van der Waals surface area (Å²) in [6, 6.07) is 15.1. The molecule has 0 bridgehead atoms. The van der Waals surface area contributed by atoms with E-state index in [1.807, 2.05) is 24.3 Å². The van der Waals surface area contributed by atoms with Crippen molar-refractivity contribution < 1.29 is 32.3 Å². The Hall–Kier alpha value is -4.67. The predicted molar refractivity (Wildman–Crippen MR) is 130 cm³/mol. The number of halogens is 3. The minimum absolute atomic E-state index is 0.0266. The van der Waals surface area contributed by atoms with E-state index in [4.69, 9.17) is 4.52 Å². The van der Waals surface area contributed by atoms with Gasteiger partial charge in [-0.1, -0.05) is 11.2 Å². The van der Waals surface area contributed by atoms with Crippen LogP contribution in [0.2, 0.25) is 0 Å². The maximum atomic E-state index is 13.0. The van der Waals surface area contributed by atoms with Gasteiger partial charge in [0.05, 0.1) is 6.42 Å². The van der Waals surface area contributed by atoms with Crippen LogP contribution >= 0.6 is 0 Å². The van der Waals surface area contributed by atoms with Crippen molar-refractivity contribution in [1.29, 1.82) is 0 Å². The molecule has 1 aliphatic heterocycles. The average Bonchev–Trinajstić information content (AvgIpc) is 3.59. The number of carbonyl (C=O) groups is 1. The molecule has 11 heteroatoms. The van der Waals surface area contributed by atoms with Crippen LogP contribution in [-0.4, -0.2) is 37.1 Å². The SMILES string of the molecule is O=C(O)C[C@@H]1CCn2c1cc1cc(-c3noc(-c4cc(OC(F)(F)F)cc(-c5cccnc5)c4)n3)ccc12. The van der Waals surface area contributed by atoms with Gasteiger partial charge in [0.25, 0.3) is 5.89 Å². The number of hydrogen-bond donors (Lipinski definition) is 1. The lowest BCUT2D eigenvalue weighted by atomic mass is 10.00. The van der Waals surface area contributed by atoms with Crippen molar-refractivity contribution in [2.45, 2.75) is 31.7 Å². The molecule has 0 spiro atoms. The number of alkyl halides is 3. The zero-order chi connectivity index (χ0) is 26.4. The van der Waals surface area contributed by atoms with Gasteiger partial charge in [0.2, 0.25) is 5.82 Å². The molecular weight excluding hydrogens is 501 g/mol. The van der Waals surface area contributed by atoms with Crippen molar-refractivity contribution in [3.63, 3.8) is 0 Å². The van der Waals surface area contributed by atoms with E-state index in [0.29, 0.717) is 16.7 Å². The smallest absolute Gasteiger partial charge is 0.481 e. The van der Waals surface area contributed by atoms with Gasteiger partial charge in [-0.25, -0.2) is 0 Å². The molecule has 3 aromatic heterocycles. The highest BCUT2D eigenvalue weighted by atomic mass is 19.4. The summed E-state index contributed by atoms with van der Waals surface area (Å²) in [4.78, 5) is 19.7. The van der Waals surface area contributed by atoms with Crippen LogP contribution in [0.1, 0.15) is 24.5 Å². The number of hydrogen-bond acceptors (Lipinski definition) is 6. The van der Waals surface area contributed by atoms with Gasteiger partial charge >= 0.3 is 12.3 Å². The molecule has 0 unspecified atom stereocenters. The van der Waals surface area contributed by atoms with Crippen molar-refractivity contribution >= 4 is 16.9 Å². The number of pyridine rings is 1. The predicted octanol–water partition coefficient (Wildman–Crippen LogP) is 6.28. The molecule has 0 amide bonds. The normalized spacial score (nSPS) is 15.1. The van der Waals surface area contributed by atoms with Crippen LogP contribution < -0.4 is 4.74 Å². The molecule has 1 atom stereocenters. The average molecular weight is 520 g/mol. The summed E-state index contributed by atoms with van der Waals surface area (Å²) in [5.41, 5.74) is 3.91. The van der Waals surface area contributed by atoms with Crippen LogP contribution in [0.25, 0.3) is 44.9 Å². The van der Waals surface area contributed by atoms with E-state index in [-0.39, 0.29) is 29.6 Å². The lowest BCUT2D eigenvalue weighted by molar-refractivity contribution is -0.274. The van der Waals surface area contributed by atoms with E-state index in [0.717, 1.165) is 29.6 Å². The largest absolute Gasteiger partial charge is 0.573 e. The molecule has 1 N–H and O–H groups in total. The van der Waals surface area contributed by atoms with Crippen LogP contribution in [0.3, 0.4) is 0 Å².